The van der Waals surface area contributed by atoms with E-state index in [0.717, 1.165) is 36.7 Å². The monoisotopic (exact) mass is 426 g/mol. The molecule has 0 spiro atoms. The summed E-state index contributed by atoms with van der Waals surface area (Å²) in [5.74, 6) is 3.48. The highest BCUT2D eigenvalue weighted by Crippen LogP contribution is 2.68. The van der Waals surface area contributed by atoms with Gasteiger partial charge in [0.15, 0.2) is 5.78 Å². The van der Waals surface area contributed by atoms with Crippen molar-refractivity contribution in [1.29, 1.82) is 0 Å². The molecule has 0 unspecified atom stereocenters. The van der Waals surface area contributed by atoms with Gasteiger partial charge in [-0.15, -0.1) is 0 Å². The lowest BCUT2D eigenvalue weighted by molar-refractivity contribution is -0.151. The molecule has 0 bridgehead atoms. The molecule has 4 aliphatic carbocycles. The van der Waals surface area contributed by atoms with Crippen LogP contribution < -0.4 is 0 Å². The average Bonchev–Trinajstić information content (AvgIpc) is 3.30. The molecule has 31 heavy (non-hydrogen) atoms. The summed E-state index contributed by atoms with van der Waals surface area (Å²) < 4.78 is 1.88. The third kappa shape index (κ3) is 3.26. The Morgan fingerprint density at radius 1 is 1.06 bits per heavy atom. The van der Waals surface area contributed by atoms with Crippen LogP contribution in [0.1, 0.15) is 97.1 Å². The number of carbonyl (C=O) groups is 1. The number of fused-ring (bicyclic) bond motifs is 5. The van der Waals surface area contributed by atoms with E-state index in [2.05, 4.69) is 18.9 Å². The number of aromatic nitrogens is 2. The molecule has 4 saturated carbocycles. The van der Waals surface area contributed by atoms with E-state index in [4.69, 9.17) is 0 Å². The van der Waals surface area contributed by atoms with Crippen LogP contribution in [-0.2, 0) is 4.79 Å². The highest BCUT2D eigenvalue weighted by Gasteiger charge is 2.62. The van der Waals surface area contributed by atoms with Crippen LogP contribution in [0.3, 0.4) is 0 Å². The van der Waals surface area contributed by atoms with Crippen molar-refractivity contribution in [2.45, 2.75) is 104 Å². The smallest absolute Gasteiger partial charge is 0.160 e. The van der Waals surface area contributed by atoms with Gasteiger partial charge in [-0.3, -0.25) is 9.48 Å². The number of aryl methyl sites for hydroxylation is 1. The van der Waals surface area contributed by atoms with Crippen LogP contribution >= 0.6 is 0 Å². The van der Waals surface area contributed by atoms with E-state index in [1.165, 1.54) is 38.5 Å². The highest BCUT2D eigenvalue weighted by atomic mass is 16.3. The Morgan fingerprint density at radius 3 is 2.52 bits per heavy atom. The van der Waals surface area contributed by atoms with Gasteiger partial charge in [-0.05, 0) is 119 Å². The molecule has 1 N–H and O–H groups in total. The summed E-state index contributed by atoms with van der Waals surface area (Å²) in [4.78, 5) is 13.6. The van der Waals surface area contributed by atoms with Crippen molar-refractivity contribution in [3.8, 4) is 0 Å². The molecule has 0 radical (unpaired) electrons. The van der Waals surface area contributed by atoms with Crippen LogP contribution in [0.25, 0.3) is 0 Å². The molecule has 4 heteroatoms. The van der Waals surface area contributed by atoms with E-state index in [0.29, 0.717) is 23.0 Å². The second kappa shape index (κ2) is 7.17. The summed E-state index contributed by atoms with van der Waals surface area (Å²) in [6.07, 6.45) is 14.3. The van der Waals surface area contributed by atoms with Crippen LogP contribution in [0, 0.1) is 47.3 Å². The first-order chi connectivity index (χ1) is 14.6. The molecule has 4 aliphatic rings. The Labute approximate surface area is 188 Å². The Bertz CT molecular complexity index is 859. The largest absolute Gasteiger partial charge is 0.390 e. The Morgan fingerprint density at radius 2 is 1.81 bits per heavy atom. The number of hydrogen-bond donors (Lipinski definition) is 1. The number of carbonyl (C=O) groups excluding carboxylic acids is 1. The molecule has 4 fully saturated rings. The van der Waals surface area contributed by atoms with Crippen molar-refractivity contribution in [1.82, 2.24) is 9.78 Å². The predicted octanol–water partition coefficient (Wildman–Crippen LogP) is 5.73. The Hall–Kier alpha value is -1.16. The molecule has 1 aromatic heterocycles. The number of Topliss-reactive ketones (excluding diaryl/α,β-unsaturated/α-hetero) is 1. The zero-order valence-corrected chi connectivity index (χ0v) is 20.2. The fourth-order valence-corrected chi connectivity index (χ4v) is 8.96. The minimum absolute atomic E-state index is 0.151. The number of hydrogen-bond acceptors (Lipinski definition) is 3. The summed E-state index contributed by atoms with van der Waals surface area (Å²) in [7, 11) is 0. The van der Waals surface area contributed by atoms with Crippen molar-refractivity contribution in [3.63, 3.8) is 0 Å². The lowest BCUT2D eigenvalue weighted by atomic mass is 9.44. The van der Waals surface area contributed by atoms with Gasteiger partial charge in [0.25, 0.3) is 0 Å². The standard InChI is InChI=1S/C27H42N2O2/c1-17-15-28-29(16-17)18(2)24(30)23-9-8-21-20-7-6-19-14-25(3,31)12-13-26(19,4)22(20)10-11-27(21,23)5/h15-16,18-23,31H,6-14H2,1-5H3/t18-,19-,20+,21+,22+,23-,25-,26+,27+/m1/s1. The molecule has 0 aromatic carbocycles. The first kappa shape index (κ1) is 21.7. The average molecular weight is 427 g/mol. The molecule has 0 saturated heterocycles. The van der Waals surface area contributed by atoms with Crippen LogP contribution in [-0.4, -0.2) is 26.3 Å². The zero-order valence-electron chi connectivity index (χ0n) is 20.2. The van der Waals surface area contributed by atoms with Crippen molar-refractivity contribution < 1.29 is 9.90 Å². The minimum Gasteiger partial charge on any atom is -0.390 e. The van der Waals surface area contributed by atoms with Gasteiger partial charge in [0.05, 0.1) is 11.8 Å². The fraction of sp³-hybridized carbons (Fsp3) is 0.852. The van der Waals surface area contributed by atoms with Gasteiger partial charge in [-0.1, -0.05) is 13.8 Å². The first-order valence-corrected chi connectivity index (χ1v) is 12.8. The van der Waals surface area contributed by atoms with Gasteiger partial charge in [0, 0.05) is 12.1 Å². The molecular weight excluding hydrogens is 384 g/mol. The maximum atomic E-state index is 13.6. The van der Waals surface area contributed by atoms with Crippen LogP contribution in [0.4, 0.5) is 0 Å². The number of rotatable bonds is 3. The highest BCUT2D eigenvalue weighted by molar-refractivity contribution is 5.85. The number of aliphatic hydroxyl groups is 1. The van der Waals surface area contributed by atoms with Crippen molar-refractivity contribution in [3.05, 3.63) is 18.0 Å². The van der Waals surface area contributed by atoms with Gasteiger partial charge in [0.2, 0.25) is 0 Å². The third-order valence-corrected chi connectivity index (χ3v) is 10.8. The van der Waals surface area contributed by atoms with E-state index in [1.54, 1.807) is 0 Å². The van der Waals surface area contributed by atoms with Gasteiger partial charge < -0.3 is 5.11 Å². The zero-order chi connectivity index (χ0) is 22.2. The molecule has 0 amide bonds. The SMILES string of the molecule is Cc1cnn([C@H](C)C(=O)[C@H]2CC[C@H]3[C@@H]4CC[C@@H]5C[C@](C)(O)CC[C@]5(C)[C@H]4CC[C@]23C)c1. The summed E-state index contributed by atoms with van der Waals surface area (Å²) in [5.41, 5.74) is 1.19. The van der Waals surface area contributed by atoms with Gasteiger partial charge in [0.1, 0.15) is 6.04 Å². The molecule has 1 aromatic rings. The normalized spacial score (nSPS) is 47.9. The van der Waals surface area contributed by atoms with Crippen LogP contribution in [0.2, 0.25) is 0 Å². The fourth-order valence-electron chi connectivity index (χ4n) is 8.96. The van der Waals surface area contributed by atoms with Gasteiger partial charge in [-0.25, -0.2) is 0 Å². The van der Waals surface area contributed by atoms with E-state index in [1.807, 2.05) is 37.8 Å². The molecular formula is C27H42N2O2. The number of ketones is 1. The lowest BCUT2D eigenvalue weighted by Crippen LogP contribution is -2.55. The van der Waals surface area contributed by atoms with Crippen LogP contribution in [0.5, 0.6) is 0 Å². The molecule has 5 rings (SSSR count). The van der Waals surface area contributed by atoms with Crippen molar-refractivity contribution in [2.24, 2.45) is 40.4 Å². The summed E-state index contributed by atoms with van der Waals surface area (Å²) in [5, 5.41) is 15.2. The molecule has 9 atom stereocenters. The molecule has 0 aliphatic heterocycles. The van der Waals surface area contributed by atoms with Gasteiger partial charge >= 0.3 is 0 Å². The van der Waals surface area contributed by atoms with Crippen LogP contribution in [0.15, 0.2) is 12.4 Å². The second-order valence-electron chi connectivity index (χ2n) is 12.6. The van der Waals surface area contributed by atoms with E-state index in [9.17, 15) is 9.90 Å². The van der Waals surface area contributed by atoms with E-state index in [-0.39, 0.29) is 17.4 Å². The van der Waals surface area contributed by atoms with Crippen molar-refractivity contribution >= 4 is 5.78 Å². The summed E-state index contributed by atoms with van der Waals surface area (Å²) in [6, 6.07) is -0.166. The maximum absolute atomic E-state index is 13.6. The molecule has 1 heterocycles. The molecule has 4 nitrogen and oxygen atoms in total. The minimum atomic E-state index is -0.466. The predicted molar refractivity (Wildman–Crippen MR) is 123 cm³/mol. The molecule has 172 valence electrons. The quantitative estimate of drug-likeness (QED) is 0.671. The Kier molecular flexibility index (Phi) is 5.01. The maximum Gasteiger partial charge on any atom is 0.160 e. The topological polar surface area (TPSA) is 55.1 Å². The Balaban J connectivity index is 1.37. The second-order valence-corrected chi connectivity index (χ2v) is 12.6. The first-order valence-electron chi connectivity index (χ1n) is 12.8. The van der Waals surface area contributed by atoms with Crippen molar-refractivity contribution in [2.75, 3.05) is 0 Å². The van der Waals surface area contributed by atoms with E-state index < -0.39 is 5.60 Å². The third-order valence-electron chi connectivity index (χ3n) is 10.8. The summed E-state index contributed by atoms with van der Waals surface area (Å²) in [6.45, 7) is 11.1. The van der Waals surface area contributed by atoms with Gasteiger partial charge in [-0.2, -0.15) is 5.10 Å². The lowest BCUT2D eigenvalue weighted by Gasteiger charge is -2.61. The number of nitrogens with zero attached hydrogens (tertiary/aromatic N) is 2. The summed E-state index contributed by atoms with van der Waals surface area (Å²) >= 11 is 0. The van der Waals surface area contributed by atoms with E-state index >= 15 is 0 Å².